The first-order valence-corrected chi connectivity index (χ1v) is 5.82. The molecule has 0 radical (unpaired) electrons. The fourth-order valence-electron chi connectivity index (χ4n) is 1.99. The van der Waals surface area contributed by atoms with E-state index in [2.05, 4.69) is 0 Å². The average molecular weight is 243 g/mol. The lowest BCUT2D eigenvalue weighted by Crippen LogP contribution is -2.11. The highest BCUT2D eigenvalue weighted by Gasteiger charge is 2.11. The summed E-state index contributed by atoms with van der Waals surface area (Å²) in [6.45, 7) is 3.95. The third-order valence-corrected chi connectivity index (χ3v) is 3.05. The van der Waals surface area contributed by atoms with Gasteiger partial charge in [-0.3, -0.25) is 0 Å². The molecule has 2 aromatic rings. The molecule has 3 nitrogen and oxygen atoms in total. The van der Waals surface area contributed by atoms with E-state index in [0.29, 0.717) is 0 Å². The Morgan fingerprint density at radius 2 is 1.61 bits per heavy atom. The highest BCUT2D eigenvalue weighted by Crippen LogP contribution is 2.35. The maximum absolute atomic E-state index is 9.92. The minimum atomic E-state index is 0.217. The van der Waals surface area contributed by atoms with Gasteiger partial charge in [0.05, 0.1) is 5.69 Å². The van der Waals surface area contributed by atoms with Gasteiger partial charge in [-0.2, -0.15) is 0 Å². The molecule has 0 fully saturated rings. The number of phenols is 2. The predicted molar refractivity (Wildman–Crippen MR) is 73.8 cm³/mol. The quantitative estimate of drug-likeness (QED) is 0.848. The fraction of sp³-hybridized carbons (Fsp3) is 0.200. The van der Waals surface area contributed by atoms with Crippen molar-refractivity contribution < 1.29 is 10.2 Å². The van der Waals surface area contributed by atoms with E-state index in [-0.39, 0.29) is 11.5 Å². The minimum absolute atomic E-state index is 0.217. The summed E-state index contributed by atoms with van der Waals surface area (Å²) in [7, 11) is 1.87. The molecular formula is C15H17NO2. The molecule has 0 aliphatic rings. The average Bonchev–Trinajstić information content (AvgIpc) is 2.34. The normalized spacial score (nSPS) is 10.4. The van der Waals surface area contributed by atoms with Crippen LogP contribution in [0.3, 0.4) is 0 Å². The van der Waals surface area contributed by atoms with Crippen molar-refractivity contribution in [1.82, 2.24) is 0 Å². The highest BCUT2D eigenvalue weighted by atomic mass is 16.3. The van der Waals surface area contributed by atoms with E-state index in [1.807, 2.05) is 44.0 Å². The molecule has 2 rings (SSSR count). The predicted octanol–water partition coefficient (Wildman–Crippen LogP) is 3.48. The van der Waals surface area contributed by atoms with Crippen LogP contribution in [0, 0.1) is 13.8 Å². The minimum Gasteiger partial charge on any atom is -0.508 e. The van der Waals surface area contributed by atoms with Crippen LogP contribution >= 0.6 is 0 Å². The van der Waals surface area contributed by atoms with Crippen LogP contribution in [0.1, 0.15) is 11.1 Å². The molecule has 0 saturated carbocycles. The standard InChI is InChI=1S/C15H17NO2/c1-10-4-7-15(18)14(8-10)16(3)13-9-12(17)6-5-11(13)2/h4-9,17-18H,1-3H3. The molecule has 3 heteroatoms. The van der Waals surface area contributed by atoms with Gasteiger partial charge < -0.3 is 15.1 Å². The molecule has 0 aromatic heterocycles. The van der Waals surface area contributed by atoms with Crippen LogP contribution in [0.15, 0.2) is 36.4 Å². The second-order valence-electron chi connectivity index (χ2n) is 4.52. The lowest BCUT2D eigenvalue weighted by atomic mass is 10.1. The van der Waals surface area contributed by atoms with E-state index in [1.165, 1.54) is 0 Å². The Balaban J connectivity index is 2.50. The molecule has 0 spiro atoms. The summed E-state index contributed by atoms with van der Waals surface area (Å²) in [6.07, 6.45) is 0. The second-order valence-corrected chi connectivity index (χ2v) is 4.52. The van der Waals surface area contributed by atoms with Crippen LogP contribution in [-0.2, 0) is 0 Å². The first-order chi connectivity index (χ1) is 8.49. The Kier molecular flexibility index (Phi) is 3.15. The number of nitrogens with zero attached hydrogens (tertiary/aromatic N) is 1. The number of aryl methyl sites for hydroxylation is 2. The van der Waals surface area contributed by atoms with Gasteiger partial charge >= 0.3 is 0 Å². The first kappa shape index (κ1) is 12.3. The van der Waals surface area contributed by atoms with E-state index < -0.39 is 0 Å². The third kappa shape index (κ3) is 2.25. The van der Waals surface area contributed by atoms with Crippen LogP contribution in [0.2, 0.25) is 0 Å². The summed E-state index contributed by atoms with van der Waals surface area (Å²) in [5.41, 5.74) is 3.71. The van der Waals surface area contributed by atoms with E-state index in [0.717, 1.165) is 22.5 Å². The van der Waals surface area contributed by atoms with Gasteiger partial charge in [-0.25, -0.2) is 0 Å². The number of benzene rings is 2. The molecule has 18 heavy (non-hydrogen) atoms. The van der Waals surface area contributed by atoms with Crippen molar-refractivity contribution in [3.63, 3.8) is 0 Å². The number of rotatable bonds is 2. The molecule has 0 saturated heterocycles. The Hall–Kier alpha value is -2.16. The van der Waals surface area contributed by atoms with Gasteiger partial charge in [0.15, 0.2) is 0 Å². The lowest BCUT2D eigenvalue weighted by molar-refractivity contribution is 0.473. The van der Waals surface area contributed by atoms with Gasteiger partial charge in [0.25, 0.3) is 0 Å². The van der Waals surface area contributed by atoms with Crippen molar-refractivity contribution in [3.05, 3.63) is 47.5 Å². The summed E-state index contributed by atoms with van der Waals surface area (Å²) in [5.74, 6) is 0.445. The van der Waals surface area contributed by atoms with Gasteiger partial charge in [0.2, 0.25) is 0 Å². The van der Waals surface area contributed by atoms with E-state index in [1.54, 1.807) is 18.2 Å². The van der Waals surface area contributed by atoms with Crippen LogP contribution in [0.5, 0.6) is 11.5 Å². The van der Waals surface area contributed by atoms with Crippen molar-refractivity contribution in [2.75, 3.05) is 11.9 Å². The summed E-state index contributed by atoms with van der Waals surface area (Å²) in [5, 5.41) is 19.5. The van der Waals surface area contributed by atoms with Crippen LogP contribution in [0.25, 0.3) is 0 Å². The number of anilines is 2. The molecule has 0 atom stereocenters. The monoisotopic (exact) mass is 243 g/mol. The number of phenolic OH excluding ortho intramolecular Hbond substituents is 2. The topological polar surface area (TPSA) is 43.7 Å². The largest absolute Gasteiger partial charge is 0.508 e. The van der Waals surface area contributed by atoms with Gasteiger partial charge in [-0.1, -0.05) is 12.1 Å². The maximum Gasteiger partial charge on any atom is 0.139 e. The number of hydrogen-bond acceptors (Lipinski definition) is 3. The molecular weight excluding hydrogens is 226 g/mol. The van der Waals surface area contributed by atoms with E-state index >= 15 is 0 Å². The van der Waals surface area contributed by atoms with Crippen LogP contribution < -0.4 is 4.90 Å². The van der Waals surface area contributed by atoms with Crippen molar-refractivity contribution in [2.24, 2.45) is 0 Å². The van der Waals surface area contributed by atoms with Crippen LogP contribution in [-0.4, -0.2) is 17.3 Å². The second kappa shape index (κ2) is 4.61. The van der Waals surface area contributed by atoms with Crippen LogP contribution in [0.4, 0.5) is 11.4 Å². The third-order valence-electron chi connectivity index (χ3n) is 3.05. The zero-order chi connectivity index (χ0) is 13.3. The molecule has 2 N–H and O–H groups in total. The van der Waals surface area contributed by atoms with Crippen molar-refractivity contribution in [3.8, 4) is 11.5 Å². The summed E-state index contributed by atoms with van der Waals surface area (Å²) < 4.78 is 0. The molecule has 0 aliphatic heterocycles. The van der Waals surface area contributed by atoms with Gasteiger partial charge in [0.1, 0.15) is 11.5 Å². The van der Waals surface area contributed by atoms with Crippen molar-refractivity contribution in [2.45, 2.75) is 13.8 Å². The molecule has 94 valence electrons. The lowest BCUT2D eigenvalue weighted by Gasteiger charge is -2.23. The zero-order valence-corrected chi connectivity index (χ0v) is 10.8. The summed E-state index contributed by atoms with van der Waals surface area (Å²) in [4.78, 5) is 1.87. The fourth-order valence-corrected chi connectivity index (χ4v) is 1.99. The molecule has 2 aromatic carbocycles. The smallest absolute Gasteiger partial charge is 0.139 e. The first-order valence-electron chi connectivity index (χ1n) is 5.82. The van der Waals surface area contributed by atoms with Gasteiger partial charge in [-0.05, 0) is 43.2 Å². The van der Waals surface area contributed by atoms with Crippen molar-refractivity contribution >= 4 is 11.4 Å². The molecule has 0 bridgehead atoms. The number of aromatic hydroxyl groups is 2. The number of hydrogen-bond donors (Lipinski definition) is 2. The Labute approximate surface area is 107 Å². The van der Waals surface area contributed by atoms with Gasteiger partial charge in [-0.15, -0.1) is 0 Å². The Bertz CT molecular complexity index is 527. The zero-order valence-electron chi connectivity index (χ0n) is 10.8. The molecule has 0 heterocycles. The van der Waals surface area contributed by atoms with E-state index in [4.69, 9.17) is 0 Å². The molecule has 0 aliphatic carbocycles. The van der Waals surface area contributed by atoms with E-state index in [9.17, 15) is 10.2 Å². The Morgan fingerprint density at radius 3 is 2.33 bits per heavy atom. The summed E-state index contributed by atoms with van der Waals surface area (Å²) in [6, 6.07) is 10.7. The molecule has 0 unspecified atom stereocenters. The highest BCUT2D eigenvalue weighted by molar-refractivity contribution is 5.71. The summed E-state index contributed by atoms with van der Waals surface area (Å²) >= 11 is 0. The maximum atomic E-state index is 9.92. The SMILES string of the molecule is Cc1ccc(O)c(N(C)c2cc(O)ccc2C)c1. The van der Waals surface area contributed by atoms with Gasteiger partial charge in [0, 0.05) is 18.8 Å². The Morgan fingerprint density at radius 1 is 0.889 bits per heavy atom. The molecule has 0 amide bonds. The van der Waals surface area contributed by atoms with Crippen molar-refractivity contribution in [1.29, 1.82) is 0 Å².